The molecule has 3 rings (SSSR count). The molecular weight excluding hydrogens is 803 g/mol. The average Bonchev–Trinajstić information content (AvgIpc) is 3.58. The van der Waals surface area contributed by atoms with Crippen molar-refractivity contribution in [3.8, 4) is 0 Å². The van der Waals surface area contributed by atoms with Crippen molar-refractivity contribution in [1.82, 2.24) is 30.2 Å². The molecule has 2 aromatic rings. The van der Waals surface area contributed by atoms with Gasteiger partial charge in [0.25, 0.3) is 0 Å². The number of nitrogens with one attached hydrogen (secondary N) is 2. The Morgan fingerprint density at radius 3 is 2.40 bits per heavy atom. The molecule has 294 valence electrons. The number of hydrogen-bond acceptors (Lipinski definition) is 19. The van der Waals surface area contributed by atoms with E-state index >= 15 is 0 Å². The Morgan fingerprint density at radius 2 is 1.75 bits per heavy atom. The zero-order valence-corrected chi connectivity index (χ0v) is 31.8. The van der Waals surface area contributed by atoms with E-state index in [1.165, 1.54) is 31.6 Å². The number of anilines is 1. The molecule has 1 fully saturated rings. The fourth-order valence-corrected chi connectivity index (χ4v) is 8.56. The fourth-order valence-electron chi connectivity index (χ4n) is 4.30. The predicted octanol–water partition coefficient (Wildman–Crippen LogP) is -0.667. The van der Waals surface area contributed by atoms with Crippen LogP contribution in [0.4, 0.5) is 5.82 Å². The number of carbonyl (C=O) groups excluding carboxylic acids is 3. The van der Waals surface area contributed by atoms with E-state index in [1.807, 2.05) is 0 Å². The summed E-state index contributed by atoms with van der Waals surface area (Å²) in [5.74, 6) is -0.950. The van der Waals surface area contributed by atoms with Crippen LogP contribution in [0.5, 0.6) is 0 Å². The van der Waals surface area contributed by atoms with Crippen LogP contribution in [-0.2, 0) is 50.7 Å². The van der Waals surface area contributed by atoms with Crippen LogP contribution in [0.15, 0.2) is 12.7 Å². The smallest absolute Gasteiger partial charge is 0.386 e. The van der Waals surface area contributed by atoms with E-state index in [2.05, 4.69) is 34.4 Å². The van der Waals surface area contributed by atoms with Crippen LogP contribution in [0.25, 0.3) is 11.2 Å². The Bertz CT molecular complexity index is 1730. The highest BCUT2D eigenvalue weighted by molar-refractivity contribution is 8.82. The lowest BCUT2D eigenvalue weighted by atomic mass is 9.87. The van der Waals surface area contributed by atoms with Crippen LogP contribution >= 0.6 is 45.1 Å². The van der Waals surface area contributed by atoms with Crippen molar-refractivity contribution in [3.63, 3.8) is 0 Å². The van der Waals surface area contributed by atoms with Crippen LogP contribution in [0.1, 0.15) is 33.4 Å². The monoisotopic (exact) mass is 841 g/mol. The number of nitrogens with zero attached hydrogens (tertiary/aromatic N) is 4. The van der Waals surface area contributed by atoms with Crippen molar-refractivity contribution in [2.24, 2.45) is 5.41 Å². The molecule has 0 aromatic carbocycles. The summed E-state index contributed by atoms with van der Waals surface area (Å²) < 4.78 is 61.9. The van der Waals surface area contributed by atoms with Crippen molar-refractivity contribution < 1.29 is 80.5 Å². The van der Waals surface area contributed by atoms with Gasteiger partial charge in [0.2, 0.25) is 11.8 Å². The first kappa shape index (κ1) is 44.3. The SMILES string of the molecule is CC(=O)SSCCNC(=O)CCNC(=O)[C@H](O)C(C)(C)COP(=O)(O)OP(=O)(O)OC[C@H]1O[C@@H](n2cnc3c(N)ncnc32)[C@H](O)[C@@H]1OP(=O)(O)O. The summed E-state index contributed by atoms with van der Waals surface area (Å²) in [5, 5.41) is 26.2. The standard InChI is InChI=1S/C23H38N7O17P3S2/c1-12(31)52-51-7-6-25-14(32)4-5-26-21(35)18(34)23(2,3)9-44-50(41,42)47-49(39,40)43-8-13-17(46-48(36,37)38)16(33)22(45-13)30-11-29-15-19(24)27-10-28-20(15)30/h10-11,13,16-18,22,33-34H,4-9H2,1-3H3,(H,25,32)(H,26,35)(H,39,40)(H,41,42)(H2,24,27,28)(H2,36,37,38)/t13-,16-,17-,18+,22-/m1/s1. The molecule has 1 aliphatic rings. The number of phosphoric ester groups is 3. The lowest BCUT2D eigenvalue weighted by Gasteiger charge is -2.30. The van der Waals surface area contributed by atoms with Gasteiger partial charge in [0.15, 0.2) is 22.8 Å². The Hall–Kier alpha value is -2.09. The van der Waals surface area contributed by atoms with E-state index in [9.17, 15) is 57.9 Å². The molecule has 2 amide bonds. The summed E-state index contributed by atoms with van der Waals surface area (Å²) >= 11 is 0. The molecule has 2 unspecified atom stereocenters. The molecule has 0 bridgehead atoms. The molecule has 52 heavy (non-hydrogen) atoms. The topological polar surface area (TPSA) is 364 Å². The van der Waals surface area contributed by atoms with Crippen LogP contribution in [0, 0.1) is 5.41 Å². The van der Waals surface area contributed by atoms with Crippen LogP contribution < -0.4 is 16.4 Å². The van der Waals surface area contributed by atoms with Gasteiger partial charge in [-0.2, -0.15) is 4.31 Å². The van der Waals surface area contributed by atoms with E-state index < -0.39 is 84.6 Å². The van der Waals surface area contributed by atoms with E-state index in [0.29, 0.717) is 5.75 Å². The quantitative estimate of drug-likeness (QED) is 0.0453. The predicted molar refractivity (Wildman–Crippen MR) is 180 cm³/mol. The summed E-state index contributed by atoms with van der Waals surface area (Å²) in [4.78, 5) is 86.0. The lowest BCUT2D eigenvalue weighted by molar-refractivity contribution is -0.137. The highest BCUT2D eigenvalue weighted by Gasteiger charge is 2.50. The number of aliphatic hydroxyl groups is 2. The minimum atomic E-state index is -5.56. The van der Waals surface area contributed by atoms with Crippen molar-refractivity contribution >= 4 is 79.0 Å². The van der Waals surface area contributed by atoms with Gasteiger partial charge in [-0.1, -0.05) is 24.6 Å². The molecule has 0 saturated carbocycles. The van der Waals surface area contributed by atoms with Crippen molar-refractivity contribution in [2.45, 2.75) is 57.8 Å². The van der Waals surface area contributed by atoms with Crippen LogP contribution in [0.2, 0.25) is 0 Å². The van der Waals surface area contributed by atoms with Crippen LogP contribution in [0.3, 0.4) is 0 Å². The molecule has 0 spiro atoms. The number of aliphatic hydroxyl groups excluding tert-OH is 2. The van der Waals surface area contributed by atoms with Crippen molar-refractivity contribution in [2.75, 3.05) is 37.8 Å². The second kappa shape index (κ2) is 18.5. The molecule has 0 aliphatic carbocycles. The molecule has 29 heteroatoms. The first-order valence-corrected chi connectivity index (χ1v) is 21.5. The summed E-state index contributed by atoms with van der Waals surface area (Å²) in [5.41, 5.74) is 4.27. The number of imidazole rings is 1. The van der Waals surface area contributed by atoms with E-state index in [-0.39, 0.29) is 41.6 Å². The van der Waals surface area contributed by atoms with Gasteiger partial charge in [-0.15, -0.1) is 0 Å². The normalized spacial score (nSPS) is 22.4. The van der Waals surface area contributed by atoms with Gasteiger partial charge >= 0.3 is 23.5 Å². The van der Waals surface area contributed by atoms with Gasteiger partial charge in [0.1, 0.15) is 36.3 Å². The zero-order chi connectivity index (χ0) is 39.1. The van der Waals surface area contributed by atoms with Crippen molar-refractivity contribution in [1.29, 1.82) is 0 Å². The van der Waals surface area contributed by atoms with Gasteiger partial charge in [-0.3, -0.25) is 32.5 Å². The molecule has 3 heterocycles. The van der Waals surface area contributed by atoms with E-state index in [4.69, 9.17) is 19.5 Å². The number of nitrogens with two attached hydrogens (primary N) is 1. The summed E-state index contributed by atoms with van der Waals surface area (Å²) in [6.45, 7) is 2.00. The number of phosphoric acid groups is 3. The fraction of sp³-hybridized carbons (Fsp3) is 0.652. The molecule has 7 atom stereocenters. The third-order valence-electron chi connectivity index (χ3n) is 6.76. The Balaban J connectivity index is 1.53. The molecule has 1 aliphatic heterocycles. The first-order valence-electron chi connectivity index (χ1n) is 14.7. The molecule has 1 saturated heterocycles. The number of hydrogen-bond donors (Lipinski definition) is 9. The molecule has 10 N–H and O–H groups in total. The largest absolute Gasteiger partial charge is 0.481 e. The number of carbonyl (C=O) groups is 3. The molecule has 0 radical (unpaired) electrons. The second-order valence-electron chi connectivity index (χ2n) is 11.5. The third kappa shape index (κ3) is 13.3. The summed E-state index contributed by atoms with van der Waals surface area (Å²) in [6.07, 6.45) is -6.86. The van der Waals surface area contributed by atoms with E-state index in [1.54, 1.807) is 0 Å². The minimum Gasteiger partial charge on any atom is -0.386 e. The zero-order valence-electron chi connectivity index (χ0n) is 27.5. The van der Waals surface area contributed by atoms with Gasteiger partial charge in [-0.05, 0) is 10.8 Å². The van der Waals surface area contributed by atoms with Gasteiger partial charge in [0.05, 0.1) is 19.5 Å². The van der Waals surface area contributed by atoms with Gasteiger partial charge in [-0.25, -0.2) is 28.6 Å². The van der Waals surface area contributed by atoms with Crippen LogP contribution in [-0.4, -0.2) is 123 Å². The maximum absolute atomic E-state index is 12.6. The summed E-state index contributed by atoms with van der Waals surface area (Å²) in [6, 6.07) is 0. The Labute approximate surface area is 302 Å². The maximum Gasteiger partial charge on any atom is 0.481 e. The summed E-state index contributed by atoms with van der Waals surface area (Å²) in [7, 11) is -14.1. The maximum atomic E-state index is 12.6. The highest BCUT2D eigenvalue weighted by Crippen LogP contribution is 2.61. The third-order valence-corrected chi connectivity index (χ3v) is 12.1. The van der Waals surface area contributed by atoms with E-state index in [0.717, 1.165) is 28.0 Å². The van der Waals surface area contributed by atoms with Gasteiger partial charge in [0, 0.05) is 37.6 Å². The first-order chi connectivity index (χ1) is 24.0. The highest BCUT2D eigenvalue weighted by atomic mass is 33.1. The Morgan fingerprint density at radius 1 is 1.08 bits per heavy atom. The van der Waals surface area contributed by atoms with Crippen molar-refractivity contribution in [3.05, 3.63) is 12.7 Å². The number of nitrogen functional groups attached to an aromatic ring is 1. The minimum absolute atomic E-state index is 0.0314. The lowest BCUT2D eigenvalue weighted by Crippen LogP contribution is -2.46. The number of fused-ring (bicyclic) bond motifs is 1. The molecule has 2 aromatic heterocycles. The number of aromatic nitrogens is 4. The Kier molecular flexibility index (Phi) is 15.8. The average molecular weight is 842 g/mol. The molecule has 24 nitrogen and oxygen atoms in total. The number of amides is 2. The number of rotatable bonds is 20. The van der Waals surface area contributed by atoms with Gasteiger partial charge < -0.3 is 50.9 Å². The second-order valence-corrected chi connectivity index (χ2v) is 18.3. The molecular formula is C23H38N7O17P3S2. The number of ether oxygens (including phenoxy) is 1.